The number of primary amides is 1. The first-order valence-corrected chi connectivity index (χ1v) is 6.53. The summed E-state index contributed by atoms with van der Waals surface area (Å²) in [6.07, 6.45) is 1.91. The molecule has 2 rings (SSSR count). The summed E-state index contributed by atoms with van der Waals surface area (Å²) in [5, 5.41) is 3.19. The number of hydrogen-bond acceptors (Lipinski definition) is 3. The summed E-state index contributed by atoms with van der Waals surface area (Å²) >= 11 is 0. The molecule has 104 valence electrons. The number of nitrogens with one attached hydrogen (secondary N) is 1. The topological polar surface area (TPSA) is 58.4 Å². The zero-order chi connectivity index (χ0) is 14.0. The molecule has 1 aromatic rings. The molecule has 2 atom stereocenters. The average Bonchev–Trinajstić information content (AvgIpc) is 2.36. The van der Waals surface area contributed by atoms with E-state index in [1.807, 2.05) is 0 Å². The summed E-state index contributed by atoms with van der Waals surface area (Å²) in [5.41, 5.74) is 5.89. The number of likely N-dealkylation sites (tertiary alicyclic amines) is 1. The van der Waals surface area contributed by atoms with Crippen LogP contribution in [0.5, 0.6) is 0 Å². The maximum atomic E-state index is 13.7. The van der Waals surface area contributed by atoms with Crippen LogP contribution in [0.15, 0.2) is 18.2 Å². The third kappa shape index (κ3) is 3.23. The molecule has 0 saturated carbocycles. The molecule has 1 heterocycles. The van der Waals surface area contributed by atoms with Crippen LogP contribution >= 0.6 is 0 Å². The Labute approximate surface area is 112 Å². The number of halogens is 1. The van der Waals surface area contributed by atoms with Crippen molar-refractivity contribution < 1.29 is 9.18 Å². The van der Waals surface area contributed by atoms with Crippen LogP contribution in [-0.4, -0.2) is 36.5 Å². The second-order valence-electron chi connectivity index (χ2n) is 5.25. The van der Waals surface area contributed by atoms with E-state index in [-0.39, 0.29) is 11.9 Å². The van der Waals surface area contributed by atoms with Crippen LogP contribution < -0.4 is 11.1 Å². The lowest BCUT2D eigenvalue weighted by Gasteiger charge is -2.35. The molecule has 1 aliphatic rings. The molecule has 1 aliphatic heterocycles. The molecule has 3 N–H and O–H groups in total. The van der Waals surface area contributed by atoms with Gasteiger partial charge in [0.15, 0.2) is 0 Å². The number of benzene rings is 1. The fourth-order valence-corrected chi connectivity index (χ4v) is 2.43. The second-order valence-corrected chi connectivity index (χ2v) is 5.25. The van der Waals surface area contributed by atoms with Gasteiger partial charge in [0.1, 0.15) is 5.82 Å². The molecule has 5 heteroatoms. The van der Waals surface area contributed by atoms with Crippen molar-refractivity contribution in [2.24, 2.45) is 5.73 Å². The van der Waals surface area contributed by atoms with Crippen LogP contribution in [0, 0.1) is 5.82 Å². The highest BCUT2D eigenvalue weighted by Gasteiger charge is 2.23. The molecule has 1 aromatic carbocycles. The van der Waals surface area contributed by atoms with E-state index in [9.17, 15) is 9.18 Å². The molecule has 0 spiro atoms. The first-order chi connectivity index (χ1) is 8.97. The van der Waals surface area contributed by atoms with Crippen molar-refractivity contribution >= 4 is 11.6 Å². The Morgan fingerprint density at radius 2 is 2.26 bits per heavy atom. The minimum atomic E-state index is -0.542. The first kappa shape index (κ1) is 13.8. The van der Waals surface area contributed by atoms with Crippen molar-refractivity contribution in [3.8, 4) is 0 Å². The van der Waals surface area contributed by atoms with Gasteiger partial charge in [-0.05, 0) is 45.0 Å². The van der Waals surface area contributed by atoms with Gasteiger partial charge in [0.2, 0.25) is 5.91 Å². The Balaban J connectivity index is 2.10. The van der Waals surface area contributed by atoms with Gasteiger partial charge in [-0.1, -0.05) is 0 Å². The lowest BCUT2D eigenvalue weighted by Crippen LogP contribution is -2.42. The number of nitrogens with two attached hydrogens (primary N) is 1. The normalized spacial score (nSPS) is 24.2. The quantitative estimate of drug-likeness (QED) is 0.876. The summed E-state index contributed by atoms with van der Waals surface area (Å²) in [7, 11) is 2.09. The molecule has 19 heavy (non-hydrogen) atoms. The molecule has 1 fully saturated rings. The predicted octanol–water partition coefficient (Wildman–Crippen LogP) is 1.82. The summed E-state index contributed by atoms with van der Waals surface area (Å²) in [6, 6.07) is 4.86. The Kier molecular flexibility index (Phi) is 4.04. The molecule has 0 bridgehead atoms. The highest BCUT2D eigenvalue weighted by Crippen LogP contribution is 2.22. The van der Waals surface area contributed by atoms with E-state index in [4.69, 9.17) is 5.73 Å². The van der Waals surface area contributed by atoms with Gasteiger partial charge in [-0.3, -0.25) is 4.79 Å². The van der Waals surface area contributed by atoms with E-state index in [1.165, 1.54) is 18.2 Å². The SMILES string of the molecule is CC1CC(Nc2cc(C(N)=O)ccc2F)CCN1C. The van der Waals surface area contributed by atoms with Crippen LogP contribution in [0.25, 0.3) is 0 Å². The molecule has 0 radical (unpaired) electrons. The van der Waals surface area contributed by atoms with Crippen molar-refractivity contribution in [3.63, 3.8) is 0 Å². The summed E-state index contributed by atoms with van der Waals surface area (Å²) in [5.74, 6) is -0.892. The smallest absolute Gasteiger partial charge is 0.248 e. The van der Waals surface area contributed by atoms with Crippen LogP contribution in [0.4, 0.5) is 10.1 Å². The van der Waals surface area contributed by atoms with Crippen LogP contribution in [0.3, 0.4) is 0 Å². The molecular weight excluding hydrogens is 245 g/mol. The van der Waals surface area contributed by atoms with Crippen LogP contribution in [-0.2, 0) is 0 Å². The van der Waals surface area contributed by atoms with Gasteiger partial charge in [0, 0.05) is 24.2 Å². The number of rotatable bonds is 3. The lowest BCUT2D eigenvalue weighted by atomic mass is 9.98. The molecule has 2 unspecified atom stereocenters. The average molecular weight is 265 g/mol. The molecule has 0 aliphatic carbocycles. The third-order valence-corrected chi connectivity index (χ3v) is 3.82. The highest BCUT2D eigenvalue weighted by molar-refractivity contribution is 5.93. The first-order valence-electron chi connectivity index (χ1n) is 6.53. The maximum absolute atomic E-state index is 13.7. The Morgan fingerprint density at radius 3 is 2.89 bits per heavy atom. The van der Waals surface area contributed by atoms with E-state index >= 15 is 0 Å². The number of amides is 1. The second kappa shape index (κ2) is 5.57. The van der Waals surface area contributed by atoms with Crippen LogP contribution in [0.1, 0.15) is 30.1 Å². The van der Waals surface area contributed by atoms with Gasteiger partial charge in [-0.15, -0.1) is 0 Å². The maximum Gasteiger partial charge on any atom is 0.248 e. The van der Waals surface area contributed by atoms with E-state index in [1.54, 1.807) is 0 Å². The monoisotopic (exact) mass is 265 g/mol. The largest absolute Gasteiger partial charge is 0.380 e. The van der Waals surface area contributed by atoms with E-state index in [2.05, 4.69) is 24.2 Å². The predicted molar refractivity (Wildman–Crippen MR) is 73.7 cm³/mol. The van der Waals surface area contributed by atoms with Crippen molar-refractivity contribution in [1.29, 1.82) is 0 Å². The van der Waals surface area contributed by atoms with Gasteiger partial charge in [0.05, 0.1) is 5.69 Å². The van der Waals surface area contributed by atoms with Crippen molar-refractivity contribution in [1.82, 2.24) is 4.90 Å². The number of anilines is 1. The minimum Gasteiger partial charge on any atom is -0.380 e. The van der Waals surface area contributed by atoms with E-state index < -0.39 is 5.91 Å². The molecule has 0 aromatic heterocycles. The number of piperidine rings is 1. The number of hydrogen-bond donors (Lipinski definition) is 2. The van der Waals surface area contributed by atoms with Crippen molar-refractivity contribution in [2.75, 3.05) is 18.9 Å². The standard InChI is InChI=1S/C14H20FN3O/c1-9-7-11(5-6-18(9)2)17-13-8-10(14(16)19)3-4-12(13)15/h3-4,8-9,11,17H,5-7H2,1-2H3,(H2,16,19). The fraction of sp³-hybridized carbons (Fsp3) is 0.500. The van der Waals surface area contributed by atoms with Gasteiger partial charge >= 0.3 is 0 Å². The van der Waals surface area contributed by atoms with Crippen molar-refractivity contribution in [3.05, 3.63) is 29.6 Å². The number of nitrogens with zero attached hydrogens (tertiary/aromatic N) is 1. The zero-order valence-corrected chi connectivity index (χ0v) is 11.3. The summed E-state index contributed by atoms with van der Waals surface area (Å²) in [4.78, 5) is 13.4. The summed E-state index contributed by atoms with van der Waals surface area (Å²) < 4.78 is 13.7. The van der Waals surface area contributed by atoms with Gasteiger partial charge in [-0.25, -0.2) is 4.39 Å². The zero-order valence-electron chi connectivity index (χ0n) is 11.3. The lowest BCUT2D eigenvalue weighted by molar-refractivity contribution is 0.100. The van der Waals surface area contributed by atoms with Gasteiger partial charge in [0.25, 0.3) is 0 Å². The van der Waals surface area contributed by atoms with E-state index in [0.717, 1.165) is 19.4 Å². The number of carbonyl (C=O) groups excluding carboxylic acids is 1. The highest BCUT2D eigenvalue weighted by atomic mass is 19.1. The Hall–Kier alpha value is -1.62. The van der Waals surface area contributed by atoms with Gasteiger partial charge in [-0.2, -0.15) is 0 Å². The van der Waals surface area contributed by atoms with Crippen molar-refractivity contribution in [2.45, 2.75) is 31.8 Å². The van der Waals surface area contributed by atoms with E-state index in [0.29, 0.717) is 17.3 Å². The molecule has 4 nitrogen and oxygen atoms in total. The molecule has 1 saturated heterocycles. The minimum absolute atomic E-state index is 0.226. The third-order valence-electron chi connectivity index (χ3n) is 3.82. The summed E-state index contributed by atoms with van der Waals surface area (Å²) in [6.45, 7) is 3.14. The molecular formula is C14H20FN3O. The number of carbonyl (C=O) groups is 1. The van der Waals surface area contributed by atoms with Gasteiger partial charge < -0.3 is 16.0 Å². The van der Waals surface area contributed by atoms with Crippen LogP contribution in [0.2, 0.25) is 0 Å². The Morgan fingerprint density at radius 1 is 1.53 bits per heavy atom. The fourth-order valence-electron chi connectivity index (χ4n) is 2.43. The molecule has 1 amide bonds. The Bertz CT molecular complexity index is 478.